The lowest BCUT2D eigenvalue weighted by Gasteiger charge is -2.17. The van der Waals surface area contributed by atoms with Crippen LogP contribution in [0.2, 0.25) is 5.02 Å². The fourth-order valence-corrected chi connectivity index (χ4v) is 4.11. The van der Waals surface area contributed by atoms with Gasteiger partial charge in [-0.25, -0.2) is 0 Å². The molecule has 0 N–H and O–H groups in total. The van der Waals surface area contributed by atoms with Gasteiger partial charge in [0.2, 0.25) is 0 Å². The van der Waals surface area contributed by atoms with Crippen LogP contribution in [0.1, 0.15) is 21.5 Å². The van der Waals surface area contributed by atoms with E-state index in [1.54, 1.807) is 0 Å². The van der Waals surface area contributed by atoms with Crippen molar-refractivity contribution in [1.82, 2.24) is 0 Å². The Morgan fingerprint density at radius 1 is 0.857 bits per heavy atom. The molecule has 0 saturated heterocycles. The number of fused-ring (bicyclic) bond motifs is 1. The molecule has 3 aromatic carbocycles. The van der Waals surface area contributed by atoms with Crippen LogP contribution < -0.4 is 0 Å². The summed E-state index contributed by atoms with van der Waals surface area (Å²) in [7, 11) is 0. The zero-order chi connectivity index (χ0) is 15.0. The van der Waals surface area contributed by atoms with Gasteiger partial charge in [0, 0.05) is 4.47 Å². The lowest BCUT2D eigenvalue weighted by molar-refractivity contribution is 1.19. The van der Waals surface area contributed by atoms with E-state index in [0.717, 1.165) is 15.1 Å². The highest BCUT2D eigenvalue weighted by Crippen LogP contribution is 2.41. The quantitative estimate of drug-likeness (QED) is 0.387. The second kappa shape index (κ2) is 6.12. The first-order valence-corrected chi connectivity index (χ1v) is 8.74. The number of hydrogen-bond acceptors (Lipinski definition) is 0. The molecule has 0 aliphatic rings. The van der Waals surface area contributed by atoms with Gasteiger partial charge in [-0.2, -0.15) is 0 Å². The Morgan fingerprint density at radius 3 is 2.33 bits per heavy atom. The standard InChI is InChI=1S/C18H13Br2Cl/c1-11-9-10-14(13-6-3-2-5-12(11)13)17(20)15-7-4-8-16(19)18(15)21/h2-10,17H,1H3. The van der Waals surface area contributed by atoms with Crippen molar-refractivity contribution in [1.29, 1.82) is 0 Å². The van der Waals surface area contributed by atoms with E-state index in [9.17, 15) is 0 Å². The zero-order valence-electron chi connectivity index (χ0n) is 11.4. The molecule has 3 aromatic rings. The zero-order valence-corrected chi connectivity index (χ0v) is 15.3. The molecule has 3 rings (SSSR count). The monoisotopic (exact) mass is 422 g/mol. The fourth-order valence-electron chi connectivity index (χ4n) is 2.58. The molecule has 0 bridgehead atoms. The Kier molecular flexibility index (Phi) is 4.39. The summed E-state index contributed by atoms with van der Waals surface area (Å²) in [5, 5.41) is 3.30. The Hall–Kier alpha value is -0.830. The van der Waals surface area contributed by atoms with Crippen molar-refractivity contribution in [3.8, 4) is 0 Å². The van der Waals surface area contributed by atoms with Gasteiger partial charge in [-0.1, -0.05) is 76.1 Å². The van der Waals surface area contributed by atoms with Crippen LogP contribution >= 0.6 is 43.5 Å². The molecule has 0 fully saturated rings. The highest BCUT2D eigenvalue weighted by atomic mass is 79.9. The third-order valence-electron chi connectivity index (χ3n) is 3.70. The van der Waals surface area contributed by atoms with Crippen molar-refractivity contribution in [2.45, 2.75) is 11.8 Å². The molecule has 0 spiro atoms. The van der Waals surface area contributed by atoms with Gasteiger partial charge in [-0.3, -0.25) is 0 Å². The molecule has 1 unspecified atom stereocenters. The van der Waals surface area contributed by atoms with Crippen molar-refractivity contribution in [2.24, 2.45) is 0 Å². The fraction of sp³-hybridized carbons (Fsp3) is 0.111. The molecule has 0 amide bonds. The molecule has 0 aliphatic heterocycles. The van der Waals surface area contributed by atoms with E-state index in [1.807, 2.05) is 12.1 Å². The van der Waals surface area contributed by atoms with Crippen LogP contribution in [0.4, 0.5) is 0 Å². The van der Waals surface area contributed by atoms with Crippen LogP contribution in [0.5, 0.6) is 0 Å². The molecule has 0 aliphatic carbocycles. The lowest BCUT2D eigenvalue weighted by Crippen LogP contribution is -1.96. The van der Waals surface area contributed by atoms with E-state index in [4.69, 9.17) is 11.6 Å². The summed E-state index contributed by atoms with van der Waals surface area (Å²) in [5.41, 5.74) is 3.59. The summed E-state index contributed by atoms with van der Waals surface area (Å²) >= 11 is 13.8. The topological polar surface area (TPSA) is 0 Å². The molecule has 0 heterocycles. The highest BCUT2D eigenvalue weighted by Gasteiger charge is 2.17. The summed E-state index contributed by atoms with van der Waals surface area (Å²) < 4.78 is 0.919. The van der Waals surface area contributed by atoms with Crippen LogP contribution in [0, 0.1) is 6.92 Å². The van der Waals surface area contributed by atoms with Crippen molar-refractivity contribution < 1.29 is 0 Å². The minimum atomic E-state index is 0.0630. The Morgan fingerprint density at radius 2 is 1.57 bits per heavy atom. The Balaban J connectivity index is 2.21. The first-order chi connectivity index (χ1) is 10.1. The average Bonchev–Trinajstić information content (AvgIpc) is 2.50. The van der Waals surface area contributed by atoms with Gasteiger partial charge in [0.1, 0.15) is 0 Å². The molecule has 3 heteroatoms. The van der Waals surface area contributed by atoms with Gasteiger partial charge in [0.05, 0.1) is 9.85 Å². The molecular formula is C18H13Br2Cl. The van der Waals surface area contributed by atoms with E-state index in [0.29, 0.717) is 0 Å². The van der Waals surface area contributed by atoms with Crippen molar-refractivity contribution in [2.75, 3.05) is 0 Å². The maximum atomic E-state index is 6.44. The molecule has 0 aromatic heterocycles. The first kappa shape index (κ1) is 15.1. The van der Waals surface area contributed by atoms with Gasteiger partial charge in [0.15, 0.2) is 0 Å². The van der Waals surface area contributed by atoms with E-state index >= 15 is 0 Å². The largest absolute Gasteiger partial charge is 0.0827 e. The number of hydrogen-bond donors (Lipinski definition) is 0. The summed E-state index contributed by atoms with van der Waals surface area (Å²) in [5.74, 6) is 0. The van der Waals surface area contributed by atoms with E-state index in [1.165, 1.54) is 21.9 Å². The Labute approximate surface area is 146 Å². The third kappa shape index (κ3) is 2.77. The van der Waals surface area contributed by atoms with Crippen molar-refractivity contribution in [3.63, 3.8) is 0 Å². The summed E-state index contributed by atoms with van der Waals surface area (Å²) in [6.45, 7) is 2.14. The normalized spacial score (nSPS) is 12.6. The van der Waals surface area contributed by atoms with Gasteiger partial charge >= 0.3 is 0 Å². The van der Waals surface area contributed by atoms with E-state index < -0.39 is 0 Å². The second-order valence-electron chi connectivity index (χ2n) is 5.02. The molecule has 106 valence electrons. The van der Waals surface area contributed by atoms with Crippen molar-refractivity contribution >= 4 is 54.2 Å². The molecular weight excluding hydrogens is 411 g/mol. The van der Waals surface area contributed by atoms with Crippen LogP contribution in [0.15, 0.2) is 59.1 Å². The van der Waals surface area contributed by atoms with Crippen molar-refractivity contribution in [3.05, 3.63) is 80.8 Å². The van der Waals surface area contributed by atoms with Gasteiger partial charge in [0.25, 0.3) is 0 Å². The smallest absolute Gasteiger partial charge is 0.0665 e. The predicted octanol–water partition coefficient (Wildman–Crippen LogP) is 7.05. The number of rotatable bonds is 2. The summed E-state index contributed by atoms with van der Waals surface area (Å²) in [6.07, 6.45) is 0. The van der Waals surface area contributed by atoms with Crippen LogP contribution in [0.3, 0.4) is 0 Å². The molecule has 21 heavy (non-hydrogen) atoms. The van der Waals surface area contributed by atoms with E-state index in [2.05, 4.69) is 81.2 Å². The number of aryl methyl sites for hydroxylation is 1. The lowest BCUT2D eigenvalue weighted by atomic mass is 9.96. The second-order valence-corrected chi connectivity index (χ2v) is 7.17. The van der Waals surface area contributed by atoms with Crippen LogP contribution in [-0.4, -0.2) is 0 Å². The number of alkyl halides is 1. The average molecular weight is 425 g/mol. The SMILES string of the molecule is Cc1ccc(C(Br)c2cccc(Br)c2Cl)c2ccccc12. The van der Waals surface area contributed by atoms with Gasteiger partial charge in [-0.05, 0) is 56.4 Å². The van der Waals surface area contributed by atoms with Crippen LogP contribution in [-0.2, 0) is 0 Å². The third-order valence-corrected chi connectivity index (χ3v) is 6.00. The minimum absolute atomic E-state index is 0.0630. The maximum Gasteiger partial charge on any atom is 0.0665 e. The Bertz CT molecular complexity index is 811. The number of halogens is 3. The molecule has 0 radical (unpaired) electrons. The van der Waals surface area contributed by atoms with Gasteiger partial charge < -0.3 is 0 Å². The minimum Gasteiger partial charge on any atom is -0.0827 e. The van der Waals surface area contributed by atoms with Crippen LogP contribution in [0.25, 0.3) is 10.8 Å². The highest BCUT2D eigenvalue weighted by molar-refractivity contribution is 9.10. The summed E-state index contributed by atoms with van der Waals surface area (Å²) in [6, 6.07) is 18.8. The molecule has 0 saturated carbocycles. The molecule has 0 nitrogen and oxygen atoms in total. The van der Waals surface area contributed by atoms with E-state index in [-0.39, 0.29) is 4.83 Å². The predicted molar refractivity (Wildman–Crippen MR) is 98.6 cm³/mol. The molecule has 1 atom stereocenters. The maximum absolute atomic E-state index is 6.44. The number of benzene rings is 3. The first-order valence-electron chi connectivity index (χ1n) is 6.66. The van der Waals surface area contributed by atoms with Gasteiger partial charge in [-0.15, -0.1) is 0 Å². The summed E-state index contributed by atoms with van der Waals surface area (Å²) in [4.78, 5) is 0.0630.